The highest BCUT2D eigenvalue weighted by Crippen LogP contribution is 2.19. The van der Waals surface area contributed by atoms with Gasteiger partial charge in [-0.2, -0.15) is 0 Å². The predicted molar refractivity (Wildman–Crippen MR) is 87.3 cm³/mol. The summed E-state index contributed by atoms with van der Waals surface area (Å²) in [5.41, 5.74) is 1.31. The SMILES string of the molecule is O=C(NC1=NCCS1)C1CCCN(Cc2ccccc2)C1. The highest BCUT2D eigenvalue weighted by Gasteiger charge is 2.26. The summed E-state index contributed by atoms with van der Waals surface area (Å²) in [7, 11) is 0. The maximum absolute atomic E-state index is 12.3. The number of hydrogen-bond donors (Lipinski definition) is 1. The topological polar surface area (TPSA) is 44.7 Å². The number of likely N-dealkylation sites (tertiary alicyclic amines) is 1. The minimum absolute atomic E-state index is 0.0892. The summed E-state index contributed by atoms with van der Waals surface area (Å²) in [4.78, 5) is 19.0. The Kier molecular flexibility index (Phi) is 4.93. The van der Waals surface area contributed by atoms with Gasteiger partial charge in [0.05, 0.1) is 12.5 Å². The van der Waals surface area contributed by atoms with Gasteiger partial charge in [0.15, 0.2) is 5.17 Å². The average Bonchev–Trinajstić information content (AvgIpc) is 3.01. The lowest BCUT2D eigenvalue weighted by molar-refractivity contribution is -0.125. The Labute approximate surface area is 130 Å². The quantitative estimate of drug-likeness (QED) is 0.930. The highest BCUT2D eigenvalue weighted by atomic mass is 32.2. The van der Waals surface area contributed by atoms with E-state index in [4.69, 9.17) is 0 Å². The van der Waals surface area contributed by atoms with E-state index in [2.05, 4.69) is 39.5 Å². The molecule has 1 atom stereocenters. The van der Waals surface area contributed by atoms with E-state index in [1.807, 2.05) is 6.07 Å². The van der Waals surface area contributed by atoms with Crippen molar-refractivity contribution in [3.05, 3.63) is 35.9 Å². The van der Waals surface area contributed by atoms with Crippen LogP contribution in [0, 0.1) is 5.92 Å². The van der Waals surface area contributed by atoms with Crippen LogP contribution in [0.5, 0.6) is 0 Å². The van der Waals surface area contributed by atoms with E-state index in [9.17, 15) is 4.79 Å². The summed E-state index contributed by atoms with van der Waals surface area (Å²) in [5, 5.41) is 3.79. The molecule has 3 rings (SSSR count). The second-order valence-electron chi connectivity index (χ2n) is 5.58. The highest BCUT2D eigenvalue weighted by molar-refractivity contribution is 8.14. The van der Waals surface area contributed by atoms with Crippen LogP contribution in [0.1, 0.15) is 18.4 Å². The van der Waals surface area contributed by atoms with Crippen LogP contribution in [0.15, 0.2) is 35.3 Å². The fraction of sp³-hybridized carbons (Fsp3) is 0.500. The fourth-order valence-electron chi connectivity index (χ4n) is 2.87. The van der Waals surface area contributed by atoms with Gasteiger partial charge in [-0.25, -0.2) is 0 Å². The van der Waals surface area contributed by atoms with E-state index < -0.39 is 0 Å². The molecule has 0 aliphatic carbocycles. The molecule has 1 N–H and O–H groups in total. The Morgan fingerprint density at radius 1 is 1.38 bits per heavy atom. The number of nitrogens with one attached hydrogen (secondary N) is 1. The number of amides is 1. The van der Waals surface area contributed by atoms with Gasteiger partial charge >= 0.3 is 0 Å². The molecular weight excluding hydrogens is 282 g/mol. The van der Waals surface area contributed by atoms with Crippen LogP contribution in [0.3, 0.4) is 0 Å². The number of piperidine rings is 1. The first-order valence-corrected chi connectivity index (χ1v) is 8.54. The molecule has 1 aromatic rings. The molecular formula is C16H21N3OS. The van der Waals surface area contributed by atoms with E-state index >= 15 is 0 Å². The lowest BCUT2D eigenvalue weighted by atomic mass is 9.97. The maximum Gasteiger partial charge on any atom is 0.230 e. The van der Waals surface area contributed by atoms with Crippen LogP contribution >= 0.6 is 11.8 Å². The van der Waals surface area contributed by atoms with Gasteiger partial charge in [-0.3, -0.25) is 14.7 Å². The molecule has 0 radical (unpaired) electrons. The van der Waals surface area contributed by atoms with Crippen molar-refractivity contribution in [2.24, 2.45) is 10.9 Å². The smallest absolute Gasteiger partial charge is 0.230 e. The molecule has 1 saturated heterocycles. The zero-order valence-electron chi connectivity index (χ0n) is 12.1. The first-order chi connectivity index (χ1) is 10.3. The number of amidine groups is 1. The van der Waals surface area contributed by atoms with Crippen LogP contribution in [0.25, 0.3) is 0 Å². The predicted octanol–water partition coefficient (Wildman–Crippen LogP) is 2.12. The molecule has 0 spiro atoms. The molecule has 1 amide bonds. The Morgan fingerprint density at radius 2 is 2.24 bits per heavy atom. The van der Waals surface area contributed by atoms with Crippen molar-refractivity contribution in [1.29, 1.82) is 0 Å². The number of thioether (sulfide) groups is 1. The molecule has 1 aromatic carbocycles. The van der Waals surface area contributed by atoms with Crippen molar-refractivity contribution in [1.82, 2.24) is 10.2 Å². The van der Waals surface area contributed by atoms with Gasteiger partial charge in [-0.15, -0.1) is 0 Å². The molecule has 2 aliphatic rings. The van der Waals surface area contributed by atoms with Crippen molar-refractivity contribution in [3.8, 4) is 0 Å². The van der Waals surface area contributed by atoms with Crippen LogP contribution in [0.4, 0.5) is 0 Å². The number of hydrogen-bond acceptors (Lipinski definition) is 4. The first kappa shape index (κ1) is 14.6. The van der Waals surface area contributed by atoms with Gasteiger partial charge in [0.1, 0.15) is 0 Å². The van der Waals surface area contributed by atoms with Gasteiger partial charge in [0.25, 0.3) is 0 Å². The van der Waals surface area contributed by atoms with Crippen LogP contribution in [-0.2, 0) is 11.3 Å². The third-order valence-corrected chi connectivity index (χ3v) is 4.83. The number of carbonyl (C=O) groups excluding carboxylic acids is 1. The summed E-state index contributed by atoms with van der Waals surface area (Å²) in [5.74, 6) is 1.22. The molecule has 0 aromatic heterocycles. The molecule has 1 unspecified atom stereocenters. The van der Waals surface area contributed by atoms with E-state index in [0.29, 0.717) is 0 Å². The summed E-state index contributed by atoms with van der Waals surface area (Å²) in [6.07, 6.45) is 2.07. The Hall–Kier alpha value is -1.33. The Morgan fingerprint density at radius 3 is 3.00 bits per heavy atom. The number of aliphatic imine (C=N–C) groups is 1. The van der Waals surface area contributed by atoms with Crippen LogP contribution in [-0.4, -0.2) is 41.4 Å². The van der Waals surface area contributed by atoms with Crippen molar-refractivity contribution in [2.45, 2.75) is 19.4 Å². The lowest BCUT2D eigenvalue weighted by Crippen LogP contribution is -2.43. The van der Waals surface area contributed by atoms with Crippen molar-refractivity contribution in [3.63, 3.8) is 0 Å². The van der Waals surface area contributed by atoms with Gasteiger partial charge in [0, 0.05) is 18.8 Å². The summed E-state index contributed by atoms with van der Waals surface area (Å²) >= 11 is 1.64. The number of nitrogens with zero attached hydrogens (tertiary/aromatic N) is 2. The Balaban J connectivity index is 1.54. The van der Waals surface area contributed by atoms with E-state index in [1.165, 1.54) is 5.56 Å². The summed E-state index contributed by atoms with van der Waals surface area (Å²) in [6.45, 7) is 3.68. The molecule has 21 heavy (non-hydrogen) atoms. The van der Waals surface area contributed by atoms with E-state index in [0.717, 1.165) is 49.9 Å². The summed E-state index contributed by atoms with van der Waals surface area (Å²) in [6, 6.07) is 10.5. The first-order valence-electron chi connectivity index (χ1n) is 7.55. The monoisotopic (exact) mass is 303 g/mol. The Bertz CT molecular complexity index is 518. The van der Waals surface area contributed by atoms with Crippen molar-refractivity contribution >= 4 is 22.8 Å². The number of benzene rings is 1. The third kappa shape index (κ3) is 4.08. The largest absolute Gasteiger partial charge is 0.305 e. The van der Waals surface area contributed by atoms with E-state index in [-0.39, 0.29) is 11.8 Å². The zero-order valence-corrected chi connectivity index (χ0v) is 12.9. The normalized spacial score (nSPS) is 22.9. The van der Waals surface area contributed by atoms with Gasteiger partial charge in [-0.1, -0.05) is 42.1 Å². The second-order valence-corrected chi connectivity index (χ2v) is 6.67. The van der Waals surface area contributed by atoms with Crippen molar-refractivity contribution in [2.75, 3.05) is 25.4 Å². The lowest BCUT2D eigenvalue weighted by Gasteiger charge is -2.31. The minimum Gasteiger partial charge on any atom is -0.305 e. The molecule has 1 fully saturated rings. The maximum atomic E-state index is 12.3. The molecule has 2 heterocycles. The van der Waals surface area contributed by atoms with E-state index in [1.54, 1.807) is 11.8 Å². The average molecular weight is 303 g/mol. The standard InChI is InChI=1S/C16H21N3OS/c20-15(18-16-17-8-10-21-16)14-7-4-9-19(12-14)11-13-5-2-1-3-6-13/h1-3,5-6,14H,4,7-12H2,(H,17,18,20). The van der Waals surface area contributed by atoms with Crippen LogP contribution in [0.2, 0.25) is 0 Å². The van der Waals surface area contributed by atoms with Gasteiger partial charge in [0.2, 0.25) is 5.91 Å². The molecule has 0 saturated carbocycles. The molecule has 0 bridgehead atoms. The number of rotatable bonds is 3. The summed E-state index contributed by atoms with van der Waals surface area (Å²) < 4.78 is 0. The van der Waals surface area contributed by atoms with Gasteiger partial charge < -0.3 is 5.32 Å². The minimum atomic E-state index is 0.0892. The molecule has 4 nitrogen and oxygen atoms in total. The third-order valence-electron chi connectivity index (χ3n) is 3.94. The number of carbonyl (C=O) groups is 1. The molecule has 5 heteroatoms. The fourth-order valence-corrected chi connectivity index (χ4v) is 3.60. The van der Waals surface area contributed by atoms with Crippen molar-refractivity contribution < 1.29 is 4.79 Å². The second kappa shape index (κ2) is 7.09. The molecule has 2 aliphatic heterocycles. The zero-order chi connectivity index (χ0) is 14.5. The molecule has 112 valence electrons. The van der Waals surface area contributed by atoms with Gasteiger partial charge in [-0.05, 0) is 24.9 Å². The van der Waals surface area contributed by atoms with Crippen LogP contribution < -0.4 is 5.32 Å².